The van der Waals surface area contributed by atoms with Crippen LogP contribution in [0.5, 0.6) is 0 Å². The third-order valence-electron chi connectivity index (χ3n) is 2.37. The summed E-state index contributed by atoms with van der Waals surface area (Å²) in [5.74, 6) is 0.481. The quantitative estimate of drug-likeness (QED) is 0.575. The first-order chi connectivity index (χ1) is 7.02. The SMILES string of the molecule is CCC(O)CCNCCCS(=O)(=O)CC. The van der Waals surface area contributed by atoms with Gasteiger partial charge in [0.15, 0.2) is 0 Å². The third-order valence-corrected chi connectivity index (χ3v) is 4.16. The Bertz CT molecular complexity index is 239. The molecule has 2 N–H and O–H groups in total. The Morgan fingerprint density at radius 1 is 1.27 bits per heavy atom. The molecule has 0 rings (SSSR count). The monoisotopic (exact) mass is 237 g/mol. The molecule has 0 bridgehead atoms. The number of rotatable bonds is 9. The van der Waals surface area contributed by atoms with Gasteiger partial charge in [-0.3, -0.25) is 0 Å². The van der Waals surface area contributed by atoms with Crippen molar-refractivity contribution in [3.05, 3.63) is 0 Å². The summed E-state index contributed by atoms with van der Waals surface area (Å²) in [5, 5.41) is 12.4. The number of aliphatic hydroxyl groups excluding tert-OH is 1. The van der Waals surface area contributed by atoms with Gasteiger partial charge < -0.3 is 10.4 Å². The van der Waals surface area contributed by atoms with Gasteiger partial charge in [0.05, 0.1) is 11.9 Å². The summed E-state index contributed by atoms with van der Waals surface area (Å²) in [6.07, 6.45) is 1.92. The van der Waals surface area contributed by atoms with Gasteiger partial charge in [0.25, 0.3) is 0 Å². The molecule has 0 aliphatic rings. The van der Waals surface area contributed by atoms with Gasteiger partial charge in [0.2, 0.25) is 0 Å². The molecule has 0 saturated heterocycles. The zero-order valence-electron chi connectivity index (χ0n) is 9.70. The number of nitrogens with one attached hydrogen (secondary N) is 1. The van der Waals surface area contributed by atoms with Gasteiger partial charge >= 0.3 is 0 Å². The maximum absolute atomic E-state index is 11.1. The van der Waals surface area contributed by atoms with Crippen LogP contribution in [0.1, 0.15) is 33.1 Å². The van der Waals surface area contributed by atoms with Crippen LogP contribution in [0, 0.1) is 0 Å². The molecule has 0 aromatic rings. The van der Waals surface area contributed by atoms with E-state index in [0.717, 1.165) is 19.4 Å². The highest BCUT2D eigenvalue weighted by Crippen LogP contribution is 1.95. The van der Waals surface area contributed by atoms with E-state index in [1.54, 1.807) is 6.92 Å². The second kappa shape index (κ2) is 8.07. The molecule has 0 aromatic carbocycles. The van der Waals surface area contributed by atoms with E-state index in [0.29, 0.717) is 13.0 Å². The molecule has 0 aliphatic heterocycles. The molecule has 0 saturated carbocycles. The first kappa shape index (κ1) is 14.9. The maximum atomic E-state index is 11.1. The summed E-state index contributed by atoms with van der Waals surface area (Å²) in [5.41, 5.74) is 0. The summed E-state index contributed by atoms with van der Waals surface area (Å²) >= 11 is 0. The van der Waals surface area contributed by atoms with Crippen LogP contribution in [0.15, 0.2) is 0 Å². The van der Waals surface area contributed by atoms with Crippen LogP contribution in [-0.2, 0) is 9.84 Å². The van der Waals surface area contributed by atoms with Crippen LogP contribution in [-0.4, -0.2) is 44.2 Å². The lowest BCUT2D eigenvalue weighted by molar-refractivity contribution is 0.160. The van der Waals surface area contributed by atoms with Crippen molar-refractivity contribution in [3.8, 4) is 0 Å². The van der Waals surface area contributed by atoms with E-state index in [1.165, 1.54) is 0 Å². The fourth-order valence-electron chi connectivity index (χ4n) is 1.16. The van der Waals surface area contributed by atoms with Crippen molar-refractivity contribution in [3.63, 3.8) is 0 Å². The summed E-state index contributed by atoms with van der Waals surface area (Å²) in [4.78, 5) is 0. The summed E-state index contributed by atoms with van der Waals surface area (Å²) in [6, 6.07) is 0. The second-order valence-electron chi connectivity index (χ2n) is 3.69. The van der Waals surface area contributed by atoms with Crippen LogP contribution < -0.4 is 5.32 Å². The van der Waals surface area contributed by atoms with E-state index in [4.69, 9.17) is 0 Å². The highest BCUT2D eigenvalue weighted by molar-refractivity contribution is 7.91. The van der Waals surface area contributed by atoms with Gasteiger partial charge in [-0.2, -0.15) is 0 Å². The lowest BCUT2D eigenvalue weighted by Gasteiger charge is -2.08. The lowest BCUT2D eigenvalue weighted by Crippen LogP contribution is -2.23. The van der Waals surface area contributed by atoms with Crippen LogP contribution in [0.2, 0.25) is 0 Å². The van der Waals surface area contributed by atoms with Crippen molar-refractivity contribution in [2.45, 2.75) is 39.2 Å². The number of hydrogen-bond donors (Lipinski definition) is 2. The molecular weight excluding hydrogens is 214 g/mol. The average Bonchev–Trinajstić information content (AvgIpc) is 2.22. The van der Waals surface area contributed by atoms with Crippen LogP contribution in [0.25, 0.3) is 0 Å². The van der Waals surface area contributed by atoms with E-state index < -0.39 is 9.84 Å². The van der Waals surface area contributed by atoms with Crippen LogP contribution >= 0.6 is 0 Å². The molecule has 4 nitrogen and oxygen atoms in total. The Hall–Kier alpha value is -0.130. The lowest BCUT2D eigenvalue weighted by atomic mass is 10.2. The minimum atomic E-state index is -2.82. The fraction of sp³-hybridized carbons (Fsp3) is 1.00. The van der Waals surface area contributed by atoms with E-state index in [2.05, 4.69) is 5.32 Å². The fourth-order valence-corrected chi connectivity index (χ4v) is 2.03. The minimum Gasteiger partial charge on any atom is -0.393 e. The molecule has 0 aromatic heterocycles. The zero-order chi connectivity index (χ0) is 11.7. The summed E-state index contributed by atoms with van der Waals surface area (Å²) in [6.45, 7) is 5.07. The molecule has 0 spiro atoms. The van der Waals surface area contributed by atoms with E-state index in [1.807, 2.05) is 6.92 Å². The van der Waals surface area contributed by atoms with Gasteiger partial charge in [0, 0.05) is 5.75 Å². The van der Waals surface area contributed by atoms with Gasteiger partial charge in [-0.1, -0.05) is 13.8 Å². The molecule has 15 heavy (non-hydrogen) atoms. The van der Waals surface area contributed by atoms with Crippen molar-refractivity contribution in [2.24, 2.45) is 0 Å². The number of hydrogen-bond acceptors (Lipinski definition) is 4. The molecule has 92 valence electrons. The zero-order valence-corrected chi connectivity index (χ0v) is 10.5. The molecule has 0 amide bonds. The van der Waals surface area contributed by atoms with Crippen molar-refractivity contribution >= 4 is 9.84 Å². The Labute approximate surface area is 93.0 Å². The number of aliphatic hydroxyl groups is 1. The molecule has 5 heteroatoms. The van der Waals surface area contributed by atoms with Crippen molar-refractivity contribution in [1.29, 1.82) is 0 Å². The van der Waals surface area contributed by atoms with Crippen molar-refractivity contribution in [2.75, 3.05) is 24.6 Å². The second-order valence-corrected chi connectivity index (χ2v) is 6.16. The topological polar surface area (TPSA) is 66.4 Å². The van der Waals surface area contributed by atoms with E-state index >= 15 is 0 Å². The summed E-state index contributed by atoms with van der Waals surface area (Å²) in [7, 11) is -2.82. The van der Waals surface area contributed by atoms with Gasteiger partial charge in [-0.15, -0.1) is 0 Å². The maximum Gasteiger partial charge on any atom is 0.150 e. The first-order valence-electron chi connectivity index (χ1n) is 5.61. The predicted octanol–water partition coefficient (Wildman–Crippen LogP) is 0.562. The Morgan fingerprint density at radius 2 is 1.93 bits per heavy atom. The van der Waals surface area contributed by atoms with Gasteiger partial charge in [-0.05, 0) is 32.4 Å². The molecule has 1 atom stereocenters. The average molecular weight is 237 g/mol. The normalized spacial score (nSPS) is 14.1. The van der Waals surface area contributed by atoms with E-state index in [9.17, 15) is 13.5 Å². The summed E-state index contributed by atoms with van der Waals surface area (Å²) < 4.78 is 22.2. The molecular formula is C10H23NO3S. The molecule has 1 unspecified atom stereocenters. The Morgan fingerprint density at radius 3 is 2.47 bits per heavy atom. The van der Waals surface area contributed by atoms with Crippen molar-refractivity contribution < 1.29 is 13.5 Å². The molecule has 0 aliphatic carbocycles. The minimum absolute atomic E-state index is 0.224. The predicted molar refractivity (Wildman–Crippen MR) is 62.7 cm³/mol. The largest absolute Gasteiger partial charge is 0.393 e. The van der Waals surface area contributed by atoms with E-state index in [-0.39, 0.29) is 17.6 Å². The Kier molecular flexibility index (Phi) is 8.00. The molecule has 0 fully saturated rings. The highest BCUT2D eigenvalue weighted by atomic mass is 32.2. The number of sulfone groups is 1. The third kappa shape index (κ3) is 8.84. The highest BCUT2D eigenvalue weighted by Gasteiger charge is 2.06. The van der Waals surface area contributed by atoms with Crippen LogP contribution in [0.3, 0.4) is 0 Å². The molecule has 0 heterocycles. The van der Waals surface area contributed by atoms with Gasteiger partial charge in [0.1, 0.15) is 9.84 Å². The molecule has 0 radical (unpaired) electrons. The smallest absolute Gasteiger partial charge is 0.150 e. The standard InChI is InChI=1S/C10H23NO3S/c1-3-10(12)6-8-11-7-5-9-15(13,14)4-2/h10-12H,3-9H2,1-2H3. The first-order valence-corrected chi connectivity index (χ1v) is 7.43. The Balaban J connectivity index is 3.33. The van der Waals surface area contributed by atoms with Crippen molar-refractivity contribution in [1.82, 2.24) is 5.32 Å². The van der Waals surface area contributed by atoms with Gasteiger partial charge in [-0.25, -0.2) is 8.42 Å². The van der Waals surface area contributed by atoms with Crippen LogP contribution in [0.4, 0.5) is 0 Å².